The normalized spacial score (nSPS) is 17.3. The molecule has 4 heteroatoms. The van der Waals surface area contributed by atoms with Gasteiger partial charge in [0.15, 0.2) is 0 Å². The van der Waals surface area contributed by atoms with Crippen LogP contribution in [-0.2, 0) is 0 Å². The predicted octanol–water partition coefficient (Wildman–Crippen LogP) is 4.85. The van der Waals surface area contributed by atoms with E-state index >= 15 is 0 Å². The summed E-state index contributed by atoms with van der Waals surface area (Å²) in [6.45, 7) is 2.71. The molecule has 0 bridgehead atoms. The molecule has 1 aliphatic heterocycles. The van der Waals surface area contributed by atoms with E-state index < -0.39 is 0 Å². The number of halogens is 2. The van der Waals surface area contributed by atoms with Gasteiger partial charge in [0.1, 0.15) is 11.9 Å². The topological polar surface area (TPSA) is 21.3 Å². The molecule has 1 N–H and O–H groups in total. The SMILES string of the molecule is Cc1cccc2c1OC(c1cc(Cl)ccc1Cl)CN2. The third-order valence-corrected chi connectivity index (χ3v) is 3.83. The average molecular weight is 294 g/mol. The number of fused-ring (bicyclic) bond motifs is 1. The molecule has 2 aromatic carbocycles. The van der Waals surface area contributed by atoms with Gasteiger partial charge < -0.3 is 10.1 Å². The predicted molar refractivity (Wildman–Crippen MR) is 79.5 cm³/mol. The molecule has 0 aromatic heterocycles. The second-order valence-electron chi connectivity index (χ2n) is 4.60. The Kier molecular flexibility index (Phi) is 3.29. The van der Waals surface area contributed by atoms with E-state index in [1.54, 1.807) is 12.1 Å². The highest BCUT2D eigenvalue weighted by molar-refractivity contribution is 6.33. The molecule has 1 atom stereocenters. The second-order valence-corrected chi connectivity index (χ2v) is 5.45. The maximum absolute atomic E-state index is 6.23. The summed E-state index contributed by atoms with van der Waals surface area (Å²) in [5.74, 6) is 0.884. The molecule has 0 spiro atoms. The van der Waals surface area contributed by atoms with Crippen molar-refractivity contribution in [1.82, 2.24) is 0 Å². The molecule has 2 aromatic rings. The van der Waals surface area contributed by atoms with E-state index in [-0.39, 0.29) is 6.10 Å². The maximum Gasteiger partial charge on any atom is 0.146 e. The second kappa shape index (κ2) is 4.95. The maximum atomic E-state index is 6.23. The Hall–Kier alpha value is -1.38. The van der Waals surface area contributed by atoms with Crippen LogP contribution < -0.4 is 10.1 Å². The summed E-state index contributed by atoms with van der Waals surface area (Å²) < 4.78 is 6.08. The molecule has 1 heterocycles. The highest BCUT2D eigenvalue weighted by Crippen LogP contribution is 2.38. The zero-order chi connectivity index (χ0) is 13.4. The Morgan fingerprint density at radius 2 is 2.05 bits per heavy atom. The van der Waals surface area contributed by atoms with E-state index in [0.717, 1.165) is 22.6 Å². The van der Waals surface area contributed by atoms with Gasteiger partial charge in [-0.1, -0.05) is 35.3 Å². The molecule has 2 nitrogen and oxygen atoms in total. The highest BCUT2D eigenvalue weighted by atomic mass is 35.5. The molecule has 1 aliphatic rings. The Morgan fingerprint density at radius 3 is 2.89 bits per heavy atom. The van der Waals surface area contributed by atoms with Crippen LogP contribution in [0, 0.1) is 6.92 Å². The van der Waals surface area contributed by atoms with Gasteiger partial charge in [0.2, 0.25) is 0 Å². The van der Waals surface area contributed by atoms with Crippen molar-refractivity contribution in [3.8, 4) is 5.75 Å². The first kappa shape index (κ1) is 12.6. The van der Waals surface area contributed by atoms with Crippen molar-refractivity contribution in [2.45, 2.75) is 13.0 Å². The lowest BCUT2D eigenvalue weighted by Gasteiger charge is -2.29. The zero-order valence-corrected chi connectivity index (χ0v) is 11.9. The van der Waals surface area contributed by atoms with Crippen molar-refractivity contribution in [2.24, 2.45) is 0 Å². The van der Waals surface area contributed by atoms with Crippen LogP contribution in [0.3, 0.4) is 0 Å². The van der Waals surface area contributed by atoms with E-state index in [1.807, 2.05) is 31.2 Å². The van der Waals surface area contributed by atoms with Crippen LogP contribution in [0.25, 0.3) is 0 Å². The first-order valence-corrected chi connectivity index (χ1v) is 6.86. The molecular weight excluding hydrogens is 281 g/mol. The third-order valence-electron chi connectivity index (χ3n) is 3.25. The number of hydrogen-bond acceptors (Lipinski definition) is 2. The van der Waals surface area contributed by atoms with Crippen molar-refractivity contribution in [3.05, 3.63) is 57.6 Å². The summed E-state index contributed by atoms with van der Waals surface area (Å²) in [7, 11) is 0. The summed E-state index contributed by atoms with van der Waals surface area (Å²) in [5.41, 5.74) is 3.04. The minimum Gasteiger partial charge on any atom is -0.481 e. The Bertz CT molecular complexity index is 628. The minimum atomic E-state index is -0.125. The number of aryl methyl sites for hydroxylation is 1. The van der Waals surface area contributed by atoms with Gasteiger partial charge in [0.25, 0.3) is 0 Å². The summed E-state index contributed by atoms with van der Waals surface area (Å²) in [6.07, 6.45) is -0.125. The summed E-state index contributed by atoms with van der Waals surface area (Å²) >= 11 is 12.3. The van der Waals surface area contributed by atoms with Crippen molar-refractivity contribution in [1.29, 1.82) is 0 Å². The lowest BCUT2D eigenvalue weighted by molar-refractivity contribution is 0.209. The van der Waals surface area contributed by atoms with Gasteiger partial charge in [-0.25, -0.2) is 0 Å². The average Bonchev–Trinajstić information content (AvgIpc) is 2.42. The van der Waals surface area contributed by atoms with Gasteiger partial charge >= 0.3 is 0 Å². The van der Waals surface area contributed by atoms with Crippen molar-refractivity contribution in [3.63, 3.8) is 0 Å². The fourth-order valence-electron chi connectivity index (χ4n) is 2.27. The fraction of sp³-hybridized carbons (Fsp3) is 0.200. The minimum absolute atomic E-state index is 0.125. The largest absolute Gasteiger partial charge is 0.481 e. The molecule has 0 aliphatic carbocycles. The van der Waals surface area contributed by atoms with Gasteiger partial charge in [-0.3, -0.25) is 0 Å². The number of para-hydroxylation sites is 1. The van der Waals surface area contributed by atoms with Gasteiger partial charge in [0, 0.05) is 15.6 Å². The van der Waals surface area contributed by atoms with Crippen LogP contribution in [0.1, 0.15) is 17.2 Å². The quantitative estimate of drug-likeness (QED) is 0.812. The van der Waals surface area contributed by atoms with Gasteiger partial charge in [-0.2, -0.15) is 0 Å². The number of benzene rings is 2. The number of nitrogens with one attached hydrogen (secondary N) is 1. The Labute approximate surface area is 122 Å². The molecular formula is C15H13Cl2NO. The molecule has 0 saturated heterocycles. The lowest BCUT2D eigenvalue weighted by Crippen LogP contribution is -2.24. The van der Waals surface area contributed by atoms with Crippen LogP contribution in [0.5, 0.6) is 5.75 Å². The standard InChI is InChI=1S/C15H13Cl2NO/c1-9-3-2-4-13-15(9)19-14(8-18-13)11-7-10(16)5-6-12(11)17/h2-7,14,18H,8H2,1H3. The van der Waals surface area contributed by atoms with Gasteiger partial charge in [0.05, 0.1) is 12.2 Å². The van der Waals surface area contributed by atoms with E-state index in [4.69, 9.17) is 27.9 Å². The van der Waals surface area contributed by atoms with Crippen LogP contribution >= 0.6 is 23.2 Å². The van der Waals surface area contributed by atoms with Crippen molar-refractivity contribution < 1.29 is 4.74 Å². The van der Waals surface area contributed by atoms with Crippen LogP contribution in [0.4, 0.5) is 5.69 Å². The molecule has 0 fully saturated rings. The third kappa shape index (κ3) is 2.38. The molecule has 0 amide bonds. The van der Waals surface area contributed by atoms with Gasteiger partial charge in [-0.15, -0.1) is 0 Å². The molecule has 3 rings (SSSR count). The van der Waals surface area contributed by atoms with E-state index in [0.29, 0.717) is 16.6 Å². The monoisotopic (exact) mass is 293 g/mol. The number of anilines is 1. The lowest BCUT2D eigenvalue weighted by atomic mass is 10.1. The smallest absolute Gasteiger partial charge is 0.146 e. The van der Waals surface area contributed by atoms with Gasteiger partial charge in [-0.05, 0) is 36.8 Å². The first-order valence-electron chi connectivity index (χ1n) is 6.10. The molecule has 0 radical (unpaired) electrons. The Morgan fingerprint density at radius 1 is 1.21 bits per heavy atom. The summed E-state index contributed by atoms with van der Waals surface area (Å²) in [6, 6.07) is 11.5. The van der Waals surface area contributed by atoms with Crippen molar-refractivity contribution in [2.75, 3.05) is 11.9 Å². The van der Waals surface area contributed by atoms with E-state index in [9.17, 15) is 0 Å². The molecule has 1 unspecified atom stereocenters. The van der Waals surface area contributed by atoms with E-state index in [1.165, 1.54) is 0 Å². The number of rotatable bonds is 1. The Balaban J connectivity index is 1.97. The van der Waals surface area contributed by atoms with Crippen LogP contribution in [0.2, 0.25) is 10.0 Å². The molecule has 19 heavy (non-hydrogen) atoms. The number of hydrogen-bond donors (Lipinski definition) is 1. The van der Waals surface area contributed by atoms with E-state index in [2.05, 4.69) is 5.32 Å². The van der Waals surface area contributed by atoms with Crippen LogP contribution in [-0.4, -0.2) is 6.54 Å². The summed E-state index contributed by atoms with van der Waals surface area (Å²) in [4.78, 5) is 0. The molecule has 0 saturated carbocycles. The summed E-state index contributed by atoms with van der Waals surface area (Å²) in [5, 5.41) is 4.71. The zero-order valence-electron chi connectivity index (χ0n) is 10.4. The van der Waals surface area contributed by atoms with Crippen molar-refractivity contribution >= 4 is 28.9 Å². The highest BCUT2D eigenvalue weighted by Gasteiger charge is 2.24. The van der Waals surface area contributed by atoms with Crippen LogP contribution in [0.15, 0.2) is 36.4 Å². The fourth-order valence-corrected chi connectivity index (χ4v) is 2.69. The molecule has 98 valence electrons. The first-order chi connectivity index (χ1) is 9.15. The number of ether oxygens (including phenoxy) is 1.